The number of ether oxygens (including phenoxy) is 2. The summed E-state index contributed by atoms with van der Waals surface area (Å²) in [6, 6.07) is -0.0656. The van der Waals surface area contributed by atoms with E-state index in [9.17, 15) is 4.79 Å². The first-order chi connectivity index (χ1) is 14.1. The summed E-state index contributed by atoms with van der Waals surface area (Å²) in [4.78, 5) is 23.9. The second-order valence-electron chi connectivity index (χ2n) is 9.45. The van der Waals surface area contributed by atoms with Crippen molar-refractivity contribution in [3.05, 3.63) is 22.8 Å². The first kappa shape index (κ1) is 21.4. The molecule has 2 saturated heterocycles. The molecule has 2 atom stereocenters. The van der Waals surface area contributed by atoms with Crippen molar-refractivity contribution in [3.63, 3.8) is 0 Å². The van der Waals surface area contributed by atoms with Crippen molar-refractivity contribution in [2.45, 2.75) is 65.2 Å². The minimum atomic E-state index is -0.523. The van der Waals surface area contributed by atoms with E-state index >= 15 is 0 Å². The van der Waals surface area contributed by atoms with Crippen LogP contribution in [0.1, 0.15) is 46.2 Å². The van der Waals surface area contributed by atoms with Crippen LogP contribution in [0, 0.1) is 12.3 Å². The molecule has 2 aromatic rings. The first-order valence-electron chi connectivity index (χ1n) is 10.4. The van der Waals surface area contributed by atoms with Crippen LogP contribution in [0.4, 0.5) is 10.6 Å². The van der Waals surface area contributed by atoms with Crippen LogP contribution in [0.25, 0.3) is 5.52 Å². The highest BCUT2D eigenvalue weighted by atomic mass is 79.9. The van der Waals surface area contributed by atoms with Crippen molar-refractivity contribution in [1.29, 1.82) is 0 Å². The minimum Gasteiger partial charge on any atom is -0.444 e. The number of piperidine rings is 1. The number of aromatic nitrogens is 3. The van der Waals surface area contributed by atoms with Gasteiger partial charge < -0.3 is 19.7 Å². The number of carbonyl (C=O) groups is 1. The summed E-state index contributed by atoms with van der Waals surface area (Å²) in [6.45, 7) is 12.0. The van der Waals surface area contributed by atoms with E-state index in [4.69, 9.17) is 14.5 Å². The number of rotatable bonds is 2. The molecule has 8 nitrogen and oxygen atoms in total. The van der Waals surface area contributed by atoms with E-state index in [1.807, 2.05) is 45.2 Å². The lowest BCUT2D eigenvalue weighted by Crippen LogP contribution is -2.55. The molecule has 0 aliphatic carbocycles. The summed E-state index contributed by atoms with van der Waals surface area (Å²) >= 11 is 3.60. The number of amides is 1. The molecule has 0 unspecified atom stereocenters. The number of halogens is 1. The molecule has 0 radical (unpaired) electrons. The number of carbonyl (C=O) groups excluding carboxylic acids is 1. The van der Waals surface area contributed by atoms with E-state index < -0.39 is 5.60 Å². The Hall–Kier alpha value is -1.87. The Labute approximate surface area is 185 Å². The molecule has 1 N–H and O–H groups in total. The van der Waals surface area contributed by atoms with E-state index in [-0.39, 0.29) is 23.7 Å². The van der Waals surface area contributed by atoms with Gasteiger partial charge in [0.25, 0.3) is 0 Å². The van der Waals surface area contributed by atoms with Crippen LogP contribution in [0.15, 0.2) is 17.1 Å². The molecule has 4 heterocycles. The Balaban J connectivity index is 1.51. The molecule has 1 amide bonds. The molecule has 2 aliphatic rings. The summed E-state index contributed by atoms with van der Waals surface area (Å²) in [7, 11) is 0. The molecule has 9 heteroatoms. The molecule has 1 spiro atoms. The lowest BCUT2D eigenvalue weighted by Gasteiger charge is -2.43. The van der Waals surface area contributed by atoms with Crippen LogP contribution in [-0.4, -0.2) is 57.9 Å². The molecule has 2 aromatic heterocycles. The highest BCUT2D eigenvalue weighted by molar-refractivity contribution is 9.10. The molecule has 30 heavy (non-hydrogen) atoms. The highest BCUT2D eigenvalue weighted by Gasteiger charge is 2.50. The summed E-state index contributed by atoms with van der Waals surface area (Å²) in [5, 5.41) is 3.10. The topological polar surface area (TPSA) is 81.0 Å². The van der Waals surface area contributed by atoms with Crippen LogP contribution in [0.5, 0.6) is 0 Å². The van der Waals surface area contributed by atoms with Crippen molar-refractivity contribution in [3.8, 4) is 0 Å². The van der Waals surface area contributed by atoms with Gasteiger partial charge in [-0.05, 0) is 63.4 Å². The zero-order valence-corrected chi connectivity index (χ0v) is 19.8. The van der Waals surface area contributed by atoms with Gasteiger partial charge >= 0.3 is 6.09 Å². The number of hydrogen-bond donors (Lipinski definition) is 1. The Bertz CT molecular complexity index is 946. The number of nitrogens with zero attached hydrogens (tertiary/aromatic N) is 4. The van der Waals surface area contributed by atoms with Gasteiger partial charge in [-0.1, -0.05) is 0 Å². The van der Waals surface area contributed by atoms with E-state index in [1.165, 1.54) is 0 Å². The van der Waals surface area contributed by atoms with Crippen molar-refractivity contribution >= 4 is 33.4 Å². The van der Waals surface area contributed by atoms with Gasteiger partial charge in [-0.15, -0.1) is 0 Å². The van der Waals surface area contributed by atoms with Crippen LogP contribution in [0.2, 0.25) is 0 Å². The molecule has 0 bridgehead atoms. The third kappa shape index (κ3) is 3.89. The number of nitrogens with one attached hydrogen (secondary N) is 1. The lowest BCUT2D eigenvalue weighted by atomic mass is 9.73. The van der Waals surface area contributed by atoms with Gasteiger partial charge in [0, 0.05) is 18.5 Å². The molecule has 164 valence electrons. The van der Waals surface area contributed by atoms with E-state index in [0.29, 0.717) is 6.61 Å². The zero-order valence-electron chi connectivity index (χ0n) is 18.2. The number of hydrogen-bond acceptors (Lipinski definition) is 6. The number of fused-ring (bicyclic) bond motifs is 1. The van der Waals surface area contributed by atoms with E-state index in [0.717, 1.165) is 47.6 Å². The number of alkyl carbamates (subject to hydrolysis) is 1. The predicted molar refractivity (Wildman–Crippen MR) is 118 cm³/mol. The molecule has 2 fully saturated rings. The van der Waals surface area contributed by atoms with Crippen LogP contribution in [0.3, 0.4) is 0 Å². The van der Waals surface area contributed by atoms with E-state index in [2.05, 4.69) is 31.1 Å². The first-order valence-corrected chi connectivity index (χ1v) is 11.2. The third-order valence-corrected chi connectivity index (χ3v) is 7.10. The second kappa shape index (κ2) is 7.67. The molecule has 0 aromatic carbocycles. The third-order valence-electron chi connectivity index (χ3n) is 6.15. The summed E-state index contributed by atoms with van der Waals surface area (Å²) in [6.07, 6.45) is 5.06. The van der Waals surface area contributed by atoms with Crippen LogP contribution >= 0.6 is 15.9 Å². The van der Waals surface area contributed by atoms with Crippen molar-refractivity contribution in [2.75, 3.05) is 24.6 Å². The maximum absolute atomic E-state index is 12.4. The average Bonchev–Trinajstić information content (AvgIpc) is 3.26. The molecule has 0 saturated carbocycles. The summed E-state index contributed by atoms with van der Waals surface area (Å²) in [5.74, 6) is 0.951. The number of imidazole rings is 1. The maximum atomic E-state index is 12.4. The molecular weight excluding hydrogens is 450 g/mol. The Kier molecular flexibility index (Phi) is 5.47. The fourth-order valence-electron chi connectivity index (χ4n) is 4.59. The SMILES string of the molecule is Cc1nc(N2CCC3(CC2)CO[C@@H](C)[C@H]3NC(=O)OC(C)(C)C)c2cncn2c1Br. The lowest BCUT2D eigenvalue weighted by molar-refractivity contribution is 0.0434. The fourth-order valence-corrected chi connectivity index (χ4v) is 4.96. The van der Waals surface area contributed by atoms with Crippen LogP contribution in [-0.2, 0) is 9.47 Å². The highest BCUT2D eigenvalue weighted by Crippen LogP contribution is 2.43. The smallest absolute Gasteiger partial charge is 0.407 e. The Morgan fingerprint density at radius 3 is 2.73 bits per heavy atom. The average molecular weight is 480 g/mol. The van der Waals surface area contributed by atoms with Crippen molar-refractivity contribution in [1.82, 2.24) is 19.7 Å². The van der Waals surface area contributed by atoms with Crippen LogP contribution < -0.4 is 10.2 Å². The number of aryl methyl sites for hydroxylation is 1. The zero-order chi connectivity index (χ0) is 21.7. The van der Waals surface area contributed by atoms with Gasteiger partial charge in [0.1, 0.15) is 22.0 Å². The largest absolute Gasteiger partial charge is 0.444 e. The Morgan fingerprint density at radius 1 is 1.37 bits per heavy atom. The van der Waals surface area contributed by atoms with Gasteiger partial charge in [-0.3, -0.25) is 4.40 Å². The van der Waals surface area contributed by atoms with Gasteiger partial charge in [-0.2, -0.15) is 0 Å². The van der Waals surface area contributed by atoms with E-state index in [1.54, 1.807) is 6.33 Å². The monoisotopic (exact) mass is 479 g/mol. The Morgan fingerprint density at radius 2 is 2.07 bits per heavy atom. The summed E-state index contributed by atoms with van der Waals surface area (Å²) in [5.41, 5.74) is 1.31. The quantitative estimate of drug-likeness (QED) is 0.706. The minimum absolute atomic E-state index is 0.0429. The predicted octanol–water partition coefficient (Wildman–Crippen LogP) is 3.70. The van der Waals surface area contributed by atoms with Gasteiger partial charge in [0.2, 0.25) is 0 Å². The molecule has 2 aliphatic heterocycles. The normalized spacial score (nSPS) is 23.9. The maximum Gasteiger partial charge on any atom is 0.407 e. The molecule has 4 rings (SSSR count). The van der Waals surface area contributed by atoms with Crippen molar-refractivity contribution in [2.24, 2.45) is 5.41 Å². The standard InChI is InChI=1S/C21H30BrN5O3/c1-13-17(22)27-12-23-10-15(27)18(24-13)26-8-6-21(7-9-26)11-29-14(2)16(21)25-19(28)30-20(3,4)5/h10,12,14,16H,6-9,11H2,1-5H3,(H,25,28)/t14-,16+/m0/s1. The number of anilines is 1. The second-order valence-corrected chi connectivity index (χ2v) is 10.2. The van der Waals surface area contributed by atoms with Gasteiger partial charge in [0.05, 0.1) is 30.6 Å². The van der Waals surface area contributed by atoms with Gasteiger partial charge in [0.15, 0.2) is 5.82 Å². The van der Waals surface area contributed by atoms with Crippen molar-refractivity contribution < 1.29 is 14.3 Å². The van der Waals surface area contributed by atoms with Gasteiger partial charge in [-0.25, -0.2) is 14.8 Å². The molecular formula is C21H30BrN5O3. The fraction of sp³-hybridized carbons (Fsp3) is 0.667. The summed E-state index contributed by atoms with van der Waals surface area (Å²) < 4.78 is 14.4.